The van der Waals surface area contributed by atoms with Gasteiger partial charge < -0.3 is 4.98 Å². The van der Waals surface area contributed by atoms with Crippen LogP contribution in [-0.2, 0) is 0 Å². The third-order valence-electron chi connectivity index (χ3n) is 2.05. The monoisotopic (exact) mass is 218 g/mol. The fourth-order valence-electron chi connectivity index (χ4n) is 1.43. The Morgan fingerprint density at radius 3 is 3.13 bits per heavy atom. The van der Waals surface area contributed by atoms with Gasteiger partial charge in [-0.1, -0.05) is 11.8 Å². The summed E-state index contributed by atoms with van der Waals surface area (Å²) in [5.41, 5.74) is 3.01. The Morgan fingerprint density at radius 2 is 2.33 bits per heavy atom. The second-order valence-electron chi connectivity index (χ2n) is 3.29. The van der Waals surface area contributed by atoms with E-state index in [1.807, 2.05) is 25.1 Å². The summed E-state index contributed by atoms with van der Waals surface area (Å²) in [5, 5.41) is 0. The first-order valence-corrected chi connectivity index (χ1v) is 5.34. The number of aromatic nitrogens is 2. The third-order valence-corrected chi connectivity index (χ3v) is 2.24. The molecule has 1 N–H and O–H groups in total. The van der Waals surface area contributed by atoms with Gasteiger partial charge in [0, 0.05) is 17.9 Å². The fraction of sp³-hybridized carbons (Fsp3) is 0.250. The summed E-state index contributed by atoms with van der Waals surface area (Å²) in [6.07, 6.45) is 0.724. The van der Waals surface area contributed by atoms with Gasteiger partial charge in [-0.15, -0.1) is 11.6 Å². The highest BCUT2D eigenvalue weighted by atomic mass is 35.5. The first-order chi connectivity index (χ1) is 7.29. The molecular formula is C12H11ClN2. The molecule has 0 fully saturated rings. The summed E-state index contributed by atoms with van der Waals surface area (Å²) in [5.74, 6) is 7.58. The number of fused-ring (bicyclic) bond motifs is 1. The Hall–Kier alpha value is -1.46. The lowest BCUT2D eigenvalue weighted by molar-refractivity contribution is 1.17. The van der Waals surface area contributed by atoms with E-state index in [9.17, 15) is 0 Å². The average molecular weight is 219 g/mol. The van der Waals surface area contributed by atoms with Gasteiger partial charge in [0.2, 0.25) is 0 Å². The number of aryl methyl sites for hydroxylation is 1. The molecule has 0 spiro atoms. The van der Waals surface area contributed by atoms with E-state index in [-0.39, 0.29) is 0 Å². The number of aromatic amines is 1. The number of hydrogen-bond acceptors (Lipinski definition) is 1. The number of hydrogen-bond donors (Lipinski definition) is 1. The Balaban J connectivity index is 2.35. The summed E-state index contributed by atoms with van der Waals surface area (Å²) in [4.78, 5) is 7.51. The molecule has 0 bridgehead atoms. The highest BCUT2D eigenvalue weighted by molar-refractivity contribution is 6.18. The predicted octanol–water partition coefficient (Wildman–Crippen LogP) is 2.85. The molecule has 2 aromatic rings. The fourth-order valence-corrected chi connectivity index (χ4v) is 1.52. The van der Waals surface area contributed by atoms with Crippen LogP contribution >= 0.6 is 11.6 Å². The smallest absolute Gasteiger partial charge is 0.104 e. The molecule has 0 amide bonds. The summed E-state index contributed by atoms with van der Waals surface area (Å²) in [6.45, 7) is 1.94. The molecule has 1 heterocycles. The average Bonchev–Trinajstić information content (AvgIpc) is 2.57. The minimum absolute atomic E-state index is 0.582. The van der Waals surface area contributed by atoms with Gasteiger partial charge in [0.05, 0.1) is 11.0 Å². The second-order valence-corrected chi connectivity index (χ2v) is 3.67. The van der Waals surface area contributed by atoms with Gasteiger partial charge in [-0.3, -0.25) is 0 Å². The van der Waals surface area contributed by atoms with Gasteiger partial charge in [-0.2, -0.15) is 0 Å². The Labute approximate surface area is 93.7 Å². The maximum Gasteiger partial charge on any atom is 0.104 e. The quantitative estimate of drug-likeness (QED) is 0.579. The van der Waals surface area contributed by atoms with E-state index in [1.165, 1.54) is 0 Å². The van der Waals surface area contributed by atoms with Crippen LogP contribution in [0.25, 0.3) is 11.0 Å². The molecule has 2 nitrogen and oxygen atoms in total. The van der Waals surface area contributed by atoms with Gasteiger partial charge in [0.15, 0.2) is 0 Å². The molecule has 1 aromatic heterocycles. The van der Waals surface area contributed by atoms with Crippen molar-refractivity contribution in [2.45, 2.75) is 13.3 Å². The topological polar surface area (TPSA) is 28.7 Å². The molecule has 1 aromatic carbocycles. The summed E-state index contributed by atoms with van der Waals surface area (Å²) < 4.78 is 0. The van der Waals surface area contributed by atoms with Crippen molar-refractivity contribution < 1.29 is 0 Å². The van der Waals surface area contributed by atoms with Crippen LogP contribution < -0.4 is 0 Å². The lowest BCUT2D eigenvalue weighted by atomic mass is 10.2. The van der Waals surface area contributed by atoms with Gasteiger partial charge in [0.1, 0.15) is 5.82 Å². The summed E-state index contributed by atoms with van der Waals surface area (Å²) >= 11 is 5.55. The lowest BCUT2D eigenvalue weighted by Crippen LogP contribution is -1.76. The van der Waals surface area contributed by atoms with Crippen molar-refractivity contribution in [1.82, 2.24) is 9.97 Å². The zero-order valence-electron chi connectivity index (χ0n) is 8.47. The van der Waals surface area contributed by atoms with E-state index in [4.69, 9.17) is 11.6 Å². The normalized spacial score (nSPS) is 10.0. The van der Waals surface area contributed by atoms with E-state index < -0.39 is 0 Å². The first kappa shape index (κ1) is 10.1. The molecule has 0 aliphatic heterocycles. The number of nitrogens with zero attached hydrogens (tertiary/aromatic N) is 1. The van der Waals surface area contributed by atoms with Crippen LogP contribution in [0.2, 0.25) is 0 Å². The molecule has 76 valence electrons. The van der Waals surface area contributed by atoms with E-state index in [1.54, 1.807) is 0 Å². The molecule has 15 heavy (non-hydrogen) atoms. The molecule has 0 saturated carbocycles. The van der Waals surface area contributed by atoms with E-state index in [2.05, 4.69) is 21.8 Å². The molecule has 2 rings (SSSR count). The standard InChI is InChI=1S/C12H11ClN2/c1-9-14-11-6-5-10(4-2-3-7-13)8-12(11)15-9/h5-6,8H,3,7H2,1H3,(H,14,15). The van der Waals surface area contributed by atoms with E-state index >= 15 is 0 Å². The number of imidazole rings is 1. The van der Waals surface area contributed by atoms with Crippen molar-refractivity contribution in [3.63, 3.8) is 0 Å². The molecule has 0 radical (unpaired) electrons. The van der Waals surface area contributed by atoms with Crippen LogP contribution in [-0.4, -0.2) is 15.8 Å². The van der Waals surface area contributed by atoms with E-state index in [0.717, 1.165) is 28.8 Å². The van der Waals surface area contributed by atoms with Gasteiger partial charge in [-0.05, 0) is 25.1 Å². The lowest BCUT2D eigenvalue weighted by Gasteiger charge is -1.90. The highest BCUT2D eigenvalue weighted by Gasteiger charge is 1.98. The number of rotatable bonds is 1. The van der Waals surface area contributed by atoms with Crippen molar-refractivity contribution in [1.29, 1.82) is 0 Å². The molecule has 0 saturated heterocycles. The number of nitrogens with one attached hydrogen (secondary N) is 1. The molecule has 0 aliphatic rings. The van der Waals surface area contributed by atoms with Crippen LogP contribution in [0.5, 0.6) is 0 Å². The summed E-state index contributed by atoms with van der Waals surface area (Å²) in [6, 6.07) is 5.96. The first-order valence-electron chi connectivity index (χ1n) is 4.81. The zero-order valence-corrected chi connectivity index (χ0v) is 9.23. The Kier molecular flexibility index (Phi) is 2.94. The largest absolute Gasteiger partial charge is 0.342 e. The number of benzene rings is 1. The Morgan fingerprint density at radius 1 is 1.47 bits per heavy atom. The molecule has 0 atom stereocenters. The van der Waals surface area contributed by atoms with Crippen LogP contribution in [0, 0.1) is 18.8 Å². The predicted molar refractivity (Wildman–Crippen MR) is 63.0 cm³/mol. The highest BCUT2D eigenvalue weighted by Crippen LogP contribution is 2.12. The summed E-state index contributed by atoms with van der Waals surface area (Å²) in [7, 11) is 0. The van der Waals surface area contributed by atoms with Crippen LogP contribution in [0.15, 0.2) is 18.2 Å². The maximum atomic E-state index is 5.55. The Bertz CT molecular complexity index is 531. The number of halogens is 1. The molecule has 0 aliphatic carbocycles. The van der Waals surface area contributed by atoms with Gasteiger partial charge >= 0.3 is 0 Å². The SMILES string of the molecule is Cc1nc2ccc(C#CCCCl)cc2[nH]1. The van der Waals surface area contributed by atoms with Crippen LogP contribution in [0.3, 0.4) is 0 Å². The second kappa shape index (κ2) is 4.37. The minimum atomic E-state index is 0.582. The van der Waals surface area contributed by atoms with Crippen LogP contribution in [0.1, 0.15) is 17.8 Å². The zero-order chi connectivity index (χ0) is 10.7. The van der Waals surface area contributed by atoms with Crippen molar-refractivity contribution in [3.8, 4) is 11.8 Å². The van der Waals surface area contributed by atoms with Gasteiger partial charge in [0.25, 0.3) is 0 Å². The van der Waals surface area contributed by atoms with Crippen molar-refractivity contribution in [2.75, 3.05) is 5.88 Å². The van der Waals surface area contributed by atoms with Crippen molar-refractivity contribution in [3.05, 3.63) is 29.6 Å². The minimum Gasteiger partial charge on any atom is -0.342 e. The van der Waals surface area contributed by atoms with Crippen molar-refractivity contribution in [2.24, 2.45) is 0 Å². The maximum absolute atomic E-state index is 5.55. The molecule has 3 heteroatoms. The molecule has 0 unspecified atom stereocenters. The third kappa shape index (κ3) is 2.31. The number of alkyl halides is 1. The number of H-pyrrole nitrogens is 1. The van der Waals surface area contributed by atoms with E-state index in [0.29, 0.717) is 5.88 Å². The van der Waals surface area contributed by atoms with Crippen LogP contribution in [0.4, 0.5) is 0 Å². The van der Waals surface area contributed by atoms with Crippen molar-refractivity contribution >= 4 is 22.6 Å². The van der Waals surface area contributed by atoms with Gasteiger partial charge in [-0.25, -0.2) is 4.98 Å². The molecular weight excluding hydrogens is 208 g/mol.